The van der Waals surface area contributed by atoms with Crippen LogP contribution in [0.1, 0.15) is 31.4 Å². The summed E-state index contributed by atoms with van der Waals surface area (Å²) in [6, 6.07) is 6.64. The lowest BCUT2D eigenvalue weighted by Gasteiger charge is -2.14. The maximum Gasteiger partial charge on any atom is 0.219 e. The van der Waals surface area contributed by atoms with Crippen molar-refractivity contribution in [3.63, 3.8) is 0 Å². The fourth-order valence-electron chi connectivity index (χ4n) is 1.59. The molecular formula is C13H19FN2O. The van der Waals surface area contributed by atoms with E-state index in [1.807, 2.05) is 13.0 Å². The summed E-state index contributed by atoms with van der Waals surface area (Å²) in [6.45, 7) is 2.72. The number of rotatable bonds is 6. The maximum absolute atomic E-state index is 13.0. The summed E-state index contributed by atoms with van der Waals surface area (Å²) in [5.41, 5.74) is 0.921. The van der Waals surface area contributed by atoms with E-state index >= 15 is 0 Å². The van der Waals surface area contributed by atoms with Gasteiger partial charge >= 0.3 is 0 Å². The van der Waals surface area contributed by atoms with Gasteiger partial charge in [-0.15, -0.1) is 0 Å². The Labute approximate surface area is 101 Å². The van der Waals surface area contributed by atoms with Crippen molar-refractivity contribution in [1.29, 1.82) is 0 Å². The molecule has 1 rings (SSSR count). The molecule has 0 aliphatic carbocycles. The average molecular weight is 238 g/mol. The lowest BCUT2D eigenvalue weighted by atomic mass is 10.1. The Bertz CT molecular complexity index is 368. The molecule has 1 atom stereocenters. The van der Waals surface area contributed by atoms with Gasteiger partial charge in [-0.3, -0.25) is 4.79 Å². The van der Waals surface area contributed by atoms with Crippen LogP contribution in [0, 0.1) is 5.82 Å². The first kappa shape index (κ1) is 13.6. The van der Waals surface area contributed by atoms with Crippen molar-refractivity contribution in [2.45, 2.75) is 25.8 Å². The van der Waals surface area contributed by atoms with E-state index in [2.05, 4.69) is 10.6 Å². The molecule has 1 aromatic carbocycles. The number of halogens is 1. The number of amides is 1. The molecule has 0 heterocycles. The highest BCUT2D eigenvalue weighted by Gasteiger charge is 2.05. The van der Waals surface area contributed by atoms with Gasteiger partial charge in [-0.05, 0) is 37.6 Å². The Morgan fingerprint density at radius 1 is 1.47 bits per heavy atom. The van der Waals surface area contributed by atoms with Crippen LogP contribution in [0.5, 0.6) is 0 Å². The normalized spacial score (nSPS) is 12.2. The minimum atomic E-state index is -0.221. The minimum absolute atomic E-state index is 0.0465. The van der Waals surface area contributed by atoms with Crippen molar-refractivity contribution in [1.82, 2.24) is 10.6 Å². The molecule has 0 saturated carbocycles. The summed E-state index contributed by atoms with van der Waals surface area (Å²) in [7, 11) is 1.63. The smallest absolute Gasteiger partial charge is 0.219 e. The third-order valence-corrected chi connectivity index (χ3v) is 2.66. The molecule has 0 fully saturated rings. The number of nitrogens with one attached hydrogen (secondary N) is 2. The van der Waals surface area contributed by atoms with Crippen LogP contribution in [0.25, 0.3) is 0 Å². The monoisotopic (exact) mass is 238 g/mol. The topological polar surface area (TPSA) is 41.1 Å². The first-order valence-electron chi connectivity index (χ1n) is 5.83. The number of hydrogen-bond donors (Lipinski definition) is 2. The van der Waals surface area contributed by atoms with E-state index in [1.54, 1.807) is 13.1 Å². The van der Waals surface area contributed by atoms with Gasteiger partial charge < -0.3 is 10.6 Å². The van der Waals surface area contributed by atoms with E-state index in [-0.39, 0.29) is 17.8 Å². The SMILES string of the molecule is CNC(=O)CCCN[C@@H](C)c1cccc(F)c1. The molecule has 0 unspecified atom stereocenters. The van der Waals surface area contributed by atoms with E-state index in [0.29, 0.717) is 6.42 Å². The van der Waals surface area contributed by atoms with Gasteiger partial charge in [-0.25, -0.2) is 4.39 Å². The fourth-order valence-corrected chi connectivity index (χ4v) is 1.59. The molecule has 1 amide bonds. The second kappa shape index (κ2) is 7.01. The molecule has 1 aromatic rings. The van der Waals surface area contributed by atoms with Crippen LogP contribution in [-0.4, -0.2) is 19.5 Å². The third-order valence-electron chi connectivity index (χ3n) is 2.66. The number of carbonyl (C=O) groups excluding carboxylic acids is 1. The van der Waals surface area contributed by atoms with Gasteiger partial charge in [0.2, 0.25) is 5.91 Å². The average Bonchev–Trinajstić information content (AvgIpc) is 2.34. The van der Waals surface area contributed by atoms with Crippen molar-refractivity contribution in [2.75, 3.05) is 13.6 Å². The second-order valence-electron chi connectivity index (χ2n) is 4.01. The summed E-state index contributed by atoms with van der Waals surface area (Å²) in [6.07, 6.45) is 1.29. The maximum atomic E-state index is 13.0. The number of benzene rings is 1. The zero-order valence-corrected chi connectivity index (χ0v) is 10.3. The Morgan fingerprint density at radius 3 is 2.88 bits per heavy atom. The van der Waals surface area contributed by atoms with Gasteiger partial charge in [0.05, 0.1) is 0 Å². The summed E-state index contributed by atoms with van der Waals surface area (Å²) >= 11 is 0. The van der Waals surface area contributed by atoms with Crippen molar-refractivity contribution in [3.8, 4) is 0 Å². The van der Waals surface area contributed by atoms with Crippen LogP contribution < -0.4 is 10.6 Å². The number of hydrogen-bond acceptors (Lipinski definition) is 2. The Morgan fingerprint density at radius 2 is 2.24 bits per heavy atom. The summed E-state index contributed by atoms with van der Waals surface area (Å²) in [4.78, 5) is 11.0. The van der Waals surface area contributed by atoms with Crippen LogP contribution >= 0.6 is 0 Å². The van der Waals surface area contributed by atoms with E-state index < -0.39 is 0 Å². The van der Waals surface area contributed by atoms with Crippen LogP contribution in [0.2, 0.25) is 0 Å². The lowest BCUT2D eigenvalue weighted by Crippen LogP contribution is -2.23. The molecule has 0 spiro atoms. The number of carbonyl (C=O) groups is 1. The van der Waals surface area contributed by atoms with E-state index in [0.717, 1.165) is 18.5 Å². The van der Waals surface area contributed by atoms with Gasteiger partial charge in [0.25, 0.3) is 0 Å². The van der Waals surface area contributed by atoms with Crippen LogP contribution in [-0.2, 0) is 4.79 Å². The molecule has 0 aromatic heterocycles. The zero-order chi connectivity index (χ0) is 12.7. The van der Waals surface area contributed by atoms with Crippen molar-refractivity contribution < 1.29 is 9.18 Å². The molecule has 2 N–H and O–H groups in total. The summed E-state index contributed by atoms with van der Waals surface area (Å²) in [5, 5.41) is 5.83. The van der Waals surface area contributed by atoms with Gasteiger partial charge in [-0.2, -0.15) is 0 Å². The first-order chi connectivity index (χ1) is 8.13. The molecule has 94 valence electrons. The van der Waals surface area contributed by atoms with Gasteiger partial charge in [0, 0.05) is 19.5 Å². The highest BCUT2D eigenvalue weighted by molar-refractivity contribution is 5.75. The highest BCUT2D eigenvalue weighted by Crippen LogP contribution is 2.13. The molecule has 0 bridgehead atoms. The van der Waals surface area contributed by atoms with E-state index in [4.69, 9.17) is 0 Å². The van der Waals surface area contributed by atoms with Crippen molar-refractivity contribution in [3.05, 3.63) is 35.6 Å². The first-order valence-corrected chi connectivity index (χ1v) is 5.83. The molecule has 0 saturated heterocycles. The Hall–Kier alpha value is -1.42. The fraction of sp³-hybridized carbons (Fsp3) is 0.462. The lowest BCUT2D eigenvalue weighted by molar-refractivity contribution is -0.120. The van der Waals surface area contributed by atoms with Gasteiger partial charge in [-0.1, -0.05) is 12.1 Å². The third kappa shape index (κ3) is 4.95. The van der Waals surface area contributed by atoms with Gasteiger partial charge in [0.1, 0.15) is 5.82 Å². The standard InChI is InChI=1S/C13H19FN2O/c1-10(11-5-3-6-12(14)9-11)16-8-4-7-13(17)15-2/h3,5-6,9-10,16H,4,7-8H2,1-2H3,(H,15,17)/t10-/m0/s1. The van der Waals surface area contributed by atoms with E-state index in [9.17, 15) is 9.18 Å². The summed E-state index contributed by atoms with van der Waals surface area (Å²) < 4.78 is 13.0. The molecule has 17 heavy (non-hydrogen) atoms. The molecule has 0 aliphatic rings. The molecule has 4 heteroatoms. The highest BCUT2D eigenvalue weighted by atomic mass is 19.1. The molecular weight excluding hydrogens is 219 g/mol. The quantitative estimate of drug-likeness (QED) is 0.744. The Kier molecular flexibility index (Phi) is 5.63. The minimum Gasteiger partial charge on any atom is -0.359 e. The van der Waals surface area contributed by atoms with Crippen molar-refractivity contribution >= 4 is 5.91 Å². The van der Waals surface area contributed by atoms with Crippen molar-refractivity contribution in [2.24, 2.45) is 0 Å². The van der Waals surface area contributed by atoms with Crippen LogP contribution in [0.3, 0.4) is 0 Å². The Balaban J connectivity index is 2.30. The molecule has 0 radical (unpaired) electrons. The zero-order valence-electron chi connectivity index (χ0n) is 10.3. The largest absolute Gasteiger partial charge is 0.359 e. The predicted molar refractivity (Wildman–Crippen MR) is 66.1 cm³/mol. The molecule has 3 nitrogen and oxygen atoms in total. The van der Waals surface area contributed by atoms with Gasteiger partial charge in [0.15, 0.2) is 0 Å². The van der Waals surface area contributed by atoms with Crippen LogP contribution in [0.4, 0.5) is 4.39 Å². The predicted octanol–water partition coefficient (Wildman–Crippen LogP) is 2.00. The van der Waals surface area contributed by atoms with E-state index in [1.165, 1.54) is 12.1 Å². The summed E-state index contributed by atoms with van der Waals surface area (Å²) in [5.74, 6) is -0.174. The molecule has 0 aliphatic heterocycles. The van der Waals surface area contributed by atoms with Crippen LogP contribution in [0.15, 0.2) is 24.3 Å². The second-order valence-corrected chi connectivity index (χ2v) is 4.01.